The summed E-state index contributed by atoms with van der Waals surface area (Å²) >= 11 is 9.95. The van der Waals surface area contributed by atoms with Crippen molar-refractivity contribution in [1.29, 1.82) is 5.26 Å². The molecule has 6 nitrogen and oxygen atoms in total. The highest BCUT2D eigenvalue weighted by Gasteiger charge is 2.34. The zero-order chi connectivity index (χ0) is 27.1. The fraction of sp³-hybridized carbons (Fsp3) is 0.567. The molecule has 1 aliphatic carbocycles. The summed E-state index contributed by atoms with van der Waals surface area (Å²) in [4.78, 5) is 22.1. The zero-order valence-corrected chi connectivity index (χ0v) is 24.9. The number of amides is 1. The molecule has 204 valence electrons. The molecule has 2 aliphatic heterocycles. The van der Waals surface area contributed by atoms with Crippen molar-refractivity contribution in [2.45, 2.75) is 64.8 Å². The molecule has 1 unspecified atom stereocenters. The molecule has 0 bridgehead atoms. The number of rotatable bonds is 4. The Balaban J connectivity index is 0.00000107. The minimum absolute atomic E-state index is 0.0539. The lowest BCUT2D eigenvalue weighted by atomic mass is 9.90. The number of hydrogen-bond donors (Lipinski definition) is 1. The van der Waals surface area contributed by atoms with Crippen LogP contribution in [-0.2, 0) is 17.6 Å². The third kappa shape index (κ3) is 7.08. The minimum atomic E-state index is 0.0539. The van der Waals surface area contributed by atoms with Gasteiger partial charge in [-0.15, -0.1) is 0 Å². The predicted molar refractivity (Wildman–Crippen MR) is 156 cm³/mol. The van der Waals surface area contributed by atoms with Crippen LogP contribution in [0.5, 0.6) is 0 Å². The van der Waals surface area contributed by atoms with Crippen molar-refractivity contribution in [1.82, 2.24) is 20.1 Å². The van der Waals surface area contributed by atoms with Crippen LogP contribution in [0.25, 0.3) is 0 Å². The Hall–Kier alpha value is -2.14. The molecule has 3 aliphatic rings. The van der Waals surface area contributed by atoms with Crippen LogP contribution >= 0.6 is 27.5 Å². The highest BCUT2D eigenvalue weighted by atomic mass is 79.9. The van der Waals surface area contributed by atoms with Crippen LogP contribution in [-0.4, -0.2) is 53.4 Å². The highest BCUT2D eigenvalue weighted by Crippen LogP contribution is 2.39. The number of nitriles is 1. The molecular weight excluding hydrogens is 562 g/mol. The van der Waals surface area contributed by atoms with E-state index in [9.17, 15) is 4.79 Å². The van der Waals surface area contributed by atoms with E-state index in [0.717, 1.165) is 86.4 Å². The molecule has 0 spiro atoms. The van der Waals surface area contributed by atoms with Gasteiger partial charge in [-0.1, -0.05) is 37.9 Å². The first-order valence-electron chi connectivity index (χ1n) is 14.0. The first kappa shape index (κ1) is 28.9. The van der Waals surface area contributed by atoms with Crippen LogP contribution < -0.4 is 5.32 Å². The molecular formula is C30H39BrClN5O. The average molecular weight is 601 g/mol. The normalized spacial score (nSPS) is 20.3. The summed E-state index contributed by atoms with van der Waals surface area (Å²) in [6, 6.07) is 8.54. The fourth-order valence-electron chi connectivity index (χ4n) is 5.83. The second-order valence-corrected chi connectivity index (χ2v) is 12.1. The van der Waals surface area contributed by atoms with E-state index in [4.69, 9.17) is 21.8 Å². The average Bonchev–Trinajstić information content (AvgIpc) is 3.08. The number of likely N-dealkylation sites (tertiary alicyclic amines) is 2. The SMILES string of the molecule is CCC.N#CN1CCC(CNC(=O)C2CCN(C3c4ccc(Cl)cc4CCc4cc(Br)cnc43)CC2)CC1. The number of aromatic nitrogens is 1. The van der Waals surface area contributed by atoms with E-state index in [0.29, 0.717) is 5.92 Å². The monoisotopic (exact) mass is 599 g/mol. The lowest BCUT2D eigenvalue weighted by Gasteiger charge is -2.38. The van der Waals surface area contributed by atoms with E-state index in [1.165, 1.54) is 23.1 Å². The second-order valence-electron chi connectivity index (χ2n) is 10.7. The number of pyridine rings is 1. The number of aryl methyl sites for hydroxylation is 2. The fourth-order valence-corrected chi connectivity index (χ4v) is 6.40. The summed E-state index contributed by atoms with van der Waals surface area (Å²) < 4.78 is 1.01. The van der Waals surface area contributed by atoms with Gasteiger partial charge in [0, 0.05) is 41.2 Å². The van der Waals surface area contributed by atoms with E-state index < -0.39 is 0 Å². The maximum absolute atomic E-state index is 12.9. The summed E-state index contributed by atoms with van der Waals surface area (Å²) in [7, 11) is 0. The van der Waals surface area contributed by atoms with Crippen molar-refractivity contribution in [3.05, 3.63) is 62.3 Å². The van der Waals surface area contributed by atoms with E-state index in [1.807, 2.05) is 12.3 Å². The smallest absolute Gasteiger partial charge is 0.223 e. The van der Waals surface area contributed by atoms with Gasteiger partial charge in [0.2, 0.25) is 5.91 Å². The Morgan fingerprint density at radius 1 is 1.11 bits per heavy atom. The molecule has 1 aromatic heterocycles. The topological polar surface area (TPSA) is 72.3 Å². The van der Waals surface area contributed by atoms with Crippen LogP contribution in [0.4, 0.5) is 0 Å². The van der Waals surface area contributed by atoms with Crippen LogP contribution in [0.1, 0.15) is 74.4 Å². The summed E-state index contributed by atoms with van der Waals surface area (Å²) in [5.74, 6) is 0.709. The van der Waals surface area contributed by atoms with Crippen molar-refractivity contribution >= 4 is 33.4 Å². The Kier molecular flexibility index (Phi) is 10.5. The third-order valence-electron chi connectivity index (χ3n) is 7.88. The van der Waals surface area contributed by atoms with Crippen LogP contribution in [0, 0.1) is 23.3 Å². The summed E-state index contributed by atoms with van der Waals surface area (Å²) in [6.45, 7) is 8.30. The van der Waals surface area contributed by atoms with Crippen LogP contribution in [0.2, 0.25) is 5.02 Å². The van der Waals surface area contributed by atoms with Crippen molar-refractivity contribution < 1.29 is 4.79 Å². The van der Waals surface area contributed by atoms with Crippen molar-refractivity contribution in [3.63, 3.8) is 0 Å². The minimum Gasteiger partial charge on any atom is -0.356 e. The van der Waals surface area contributed by atoms with Crippen LogP contribution in [0.3, 0.4) is 0 Å². The van der Waals surface area contributed by atoms with Gasteiger partial charge in [0.05, 0.1) is 11.7 Å². The van der Waals surface area contributed by atoms with Crippen molar-refractivity contribution in [2.75, 3.05) is 32.7 Å². The maximum atomic E-state index is 12.9. The molecule has 3 heterocycles. The molecule has 2 aromatic rings. The Morgan fingerprint density at radius 2 is 1.79 bits per heavy atom. The van der Waals surface area contributed by atoms with E-state index in [-0.39, 0.29) is 17.9 Å². The Bertz CT molecular complexity index is 1080. The number of benzene rings is 1. The van der Waals surface area contributed by atoms with Gasteiger partial charge in [-0.2, -0.15) is 5.26 Å². The Labute approximate surface area is 240 Å². The number of fused-ring (bicyclic) bond motifs is 2. The molecule has 1 N–H and O–H groups in total. The number of nitrogens with zero attached hydrogens (tertiary/aromatic N) is 4. The van der Waals surface area contributed by atoms with Gasteiger partial charge in [-0.3, -0.25) is 14.7 Å². The quantitative estimate of drug-likeness (QED) is 0.428. The number of carbonyl (C=O) groups is 1. The maximum Gasteiger partial charge on any atom is 0.223 e. The van der Waals surface area contributed by atoms with Gasteiger partial charge in [-0.25, -0.2) is 0 Å². The van der Waals surface area contributed by atoms with Gasteiger partial charge in [0.25, 0.3) is 0 Å². The molecule has 2 fully saturated rings. The first-order valence-corrected chi connectivity index (χ1v) is 15.2. The molecule has 1 atom stereocenters. The van der Waals surface area contributed by atoms with Crippen molar-refractivity contribution in [2.24, 2.45) is 11.8 Å². The van der Waals surface area contributed by atoms with Gasteiger partial charge in [0.15, 0.2) is 6.19 Å². The highest BCUT2D eigenvalue weighted by molar-refractivity contribution is 9.10. The van der Waals surface area contributed by atoms with E-state index >= 15 is 0 Å². The number of hydrogen-bond acceptors (Lipinski definition) is 5. The Morgan fingerprint density at radius 3 is 2.47 bits per heavy atom. The molecule has 1 amide bonds. The second kappa shape index (κ2) is 13.8. The zero-order valence-electron chi connectivity index (χ0n) is 22.6. The van der Waals surface area contributed by atoms with Gasteiger partial charge < -0.3 is 10.2 Å². The van der Waals surface area contributed by atoms with E-state index in [2.05, 4.69) is 64.4 Å². The lowest BCUT2D eigenvalue weighted by molar-refractivity contribution is -0.126. The lowest BCUT2D eigenvalue weighted by Crippen LogP contribution is -2.44. The van der Waals surface area contributed by atoms with Crippen LogP contribution in [0.15, 0.2) is 34.9 Å². The molecule has 0 radical (unpaired) electrons. The van der Waals surface area contributed by atoms with Gasteiger partial charge >= 0.3 is 0 Å². The van der Waals surface area contributed by atoms with E-state index in [1.54, 1.807) is 4.90 Å². The summed E-state index contributed by atoms with van der Waals surface area (Å²) in [5.41, 5.74) is 4.98. The van der Waals surface area contributed by atoms with Gasteiger partial charge in [0.1, 0.15) is 0 Å². The molecule has 8 heteroatoms. The number of halogens is 2. The largest absolute Gasteiger partial charge is 0.356 e. The molecule has 5 rings (SSSR count). The number of piperidine rings is 2. The molecule has 0 saturated carbocycles. The third-order valence-corrected chi connectivity index (χ3v) is 8.55. The summed E-state index contributed by atoms with van der Waals surface area (Å²) in [5, 5.41) is 13.0. The molecule has 2 saturated heterocycles. The molecule has 1 aromatic carbocycles. The molecule has 38 heavy (non-hydrogen) atoms. The number of nitrogens with one attached hydrogen (secondary N) is 1. The summed E-state index contributed by atoms with van der Waals surface area (Å²) in [6.07, 6.45) is 10.9. The van der Waals surface area contributed by atoms with Gasteiger partial charge in [-0.05, 0) is 108 Å². The number of carbonyl (C=O) groups excluding carboxylic acids is 1. The van der Waals surface area contributed by atoms with Crippen molar-refractivity contribution in [3.8, 4) is 6.19 Å². The standard InChI is InChI=1S/C27H31BrClN5O.C3H8/c28-22-13-21-2-1-20-14-23(29)3-4-24(20)26(25(21)31-16-22)34-11-7-19(8-12-34)27(35)32-15-18-5-9-33(17-30)10-6-18;1-3-2/h3-4,13-14,16,18-19,26H,1-2,5-12,15H2,(H,32,35);3H2,1-2H3. The first-order chi connectivity index (χ1) is 18.4. The predicted octanol–water partition coefficient (Wildman–Crippen LogP) is 6.12.